The summed E-state index contributed by atoms with van der Waals surface area (Å²) < 4.78 is 14.0. The fourth-order valence-corrected chi connectivity index (χ4v) is 2.35. The van der Waals surface area contributed by atoms with E-state index in [1.807, 2.05) is 6.07 Å². The summed E-state index contributed by atoms with van der Waals surface area (Å²) in [4.78, 5) is 0. The molecule has 0 radical (unpaired) electrons. The molecule has 1 rings (SSSR count). The van der Waals surface area contributed by atoms with Gasteiger partial charge >= 0.3 is 0 Å². The SMILES string of the molecule is CCNC(CC)CCc1cc(F)cc(Br)c1. The van der Waals surface area contributed by atoms with Crippen molar-refractivity contribution in [1.82, 2.24) is 5.32 Å². The standard InChI is InChI=1S/C13H19BrFN/c1-3-13(16-4-2)6-5-10-7-11(14)9-12(15)8-10/h7-9,13,16H,3-6H2,1-2H3. The Labute approximate surface area is 106 Å². The van der Waals surface area contributed by atoms with E-state index in [0.29, 0.717) is 6.04 Å². The Morgan fingerprint density at radius 3 is 2.62 bits per heavy atom. The van der Waals surface area contributed by atoms with Gasteiger partial charge in [-0.25, -0.2) is 4.39 Å². The first-order valence-corrected chi connectivity index (χ1v) is 6.63. The van der Waals surface area contributed by atoms with Crippen LogP contribution in [0.25, 0.3) is 0 Å². The van der Waals surface area contributed by atoms with Gasteiger partial charge < -0.3 is 5.32 Å². The Morgan fingerprint density at radius 2 is 2.06 bits per heavy atom. The van der Waals surface area contributed by atoms with Gasteiger partial charge in [-0.3, -0.25) is 0 Å². The van der Waals surface area contributed by atoms with Crippen LogP contribution >= 0.6 is 15.9 Å². The third-order valence-electron chi connectivity index (χ3n) is 2.69. The van der Waals surface area contributed by atoms with E-state index < -0.39 is 0 Å². The van der Waals surface area contributed by atoms with Crippen molar-refractivity contribution in [1.29, 1.82) is 0 Å². The maximum absolute atomic E-state index is 13.1. The molecule has 0 aromatic heterocycles. The molecule has 0 bridgehead atoms. The fourth-order valence-electron chi connectivity index (χ4n) is 1.84. The average Bonchev–Trinajstić information content (AvgIpc) is 2.23. The van der Waals surface area contributed by atoms with Gasteiger partial charge in [-0.2, -0.15) is 0 Å². The first kappa shape index (κ1) is 13.7. The van der Waals surface area contributed by atoms with Crippen LogP contribution in [0.5, 0.6) is 0 Å². The Balaban J connectivity index is 2.52. The third-order valence-corrected chi connectivity index (χ3v) is 3.15. The van der Waals surface area contributed by atoms with Crippen molar-refractivity contribution in [3.05, 3.63) is 34.1 Å². The summed E-state index contributed by atoms with van der Waals surface area (Å²) >= 11 is 3.31. The molecule has 0 saturated heterocycles. The number of aryl methyl sites for hydroxylation is 1. The number of hydrogen-bond donors (Lipinski definition) is 1. The Morgan fingerprint density at radius 1 is 1.31 bits per heavy atom. The highest BCUT2D eigenvalue weighted by Gasteiger charge is 2.05. The van der Waals surface area contributed by atoms with Crippen LogP contribution in [-0.4, -0.2) is 12.6 Å². The van der Waals surface area contributed by atoms with E-state index in [2.05, 4.69) is 35.1 Å². The van der Waals surface area contributed by atoms with Crippen LogP contribution in [0.2, 0.25) is 0 Å². The predicted octanol–water partition coefficient (Wildman–Crippen LogP) is 3.91. The molecule has 0 saturated carbocycles. The summed E-state index contributed by atoms with van der Waals surface area (Å²) in [6, 6.07) is 5.63. The molecule has 0 aliphatic rings. The quantitative estimate of drug-likeness (QED) is 0.837. The smallest absolute Gasteiger partial charge is 0.124 e. The van der Waals surface area contributed by atoms with Crippen molar-refractivity contribution < 1.29 is 4.39 Å². The first-order chi connectivity index (χ1) is 7.65. The second kappa shape index (κ2) is 7.02. The minimum Gasteiger partial charge on any atom is -0.314 e. The topological polar surface area (TPSA) is 12.0 Å². The summed E-state index contributed by atoms with van der Waals surface area (Å²) in [6.07, 6.45) is 3.09. The van der Waals surface area contributed by atoms with Crippen LogP contribution < -0.4 is 5.32 Å². The maximum Gasteiger partial charge on any atom is 0.124 e. The Hall–Kier alpha value is -0.410. The van der Waals surface area contributed by atoms with Gasteiger partial charge in [0.15, 0.2) is 0 Å². The normalized spacial score (nSPS) is 12.8. The van der Waals surface area contributed by atoms with E-state index in [0.717, 1.165) is 35.8 Å². The zero-order valence-corrected chi connectivity index (χ0v) is 11.5. The third kappa shape index (κ3) is 4.62. The molecule has 1 N–H and O–H groups in total. The van der Waals surface area contributed by atoms with Gasteiger partial charge in [0.1, 0.15) is 5.82 Å². The fraction of sp³-hybridized carbons (Fsp3) is 0.538. The first-order valence-electron chi connectivity index (χ1n) is 5.84. The molecule has 0 aliphatic heterocycles. The van der Waals surface area contributed by atoms with Crippen molar-refractivity contribution in [2.75, 3.05) is 6.54 Å². The molecule has 0 spiro atoms. The number of hydrogen-bond acceptors (Lipinski definition) is 1. The van der Waals surface area contributed by atoms with Crippen molar-refractivity contribution >= 4 is 15.9 Å². The molecule has 0 heterocycles. The lowest BCUT2D eigenvalue weighted by Crippen LogP contribution is -2.28. The van der Waals surface area contributed by atoms with E-state index in [9.17, 15) is 4.39 Å². The van der Waals surface area contributed by atoms with Gasteiger partial charge in [0, 0.05) is 10.5 Å². The van der Waals surface area contributed by atoms with E-state index in [4.69, 9.17) is 0 Å². The number of nitrogens with one attached hydrogen (secondary N) is 1. The Kier molecular flexibility index (Phi) is 5.99. The monoisotopic (exact) mass is 287 g/mol. The molecular formula is C13H19BrFN. The zero-order chi connectivity index (χ0) is 12.0. The average molecular weight is 288 g/mol. The van der Waals surface area contributed by atoms with Crippen LogP contribution in [0.1, 0.15) is 32.3 Å². The molecule has 16 heavy (non-hydrogen) atoms. The number of benzene rings is 1. The van der Waals surface area contributed by atoms with Crippen LogP contribution in [0.15, 0.2) is 22.7 Å². The van der Waals surface area contributed by atoms with Gasteiger partial charge in [-0.15, -0.1) is 0 Å². The molecule has 1 aromatic rings. The highest BCUT2D eigenvalue weighted by atomic mass is 79.9. The summed E-state index contributed by atoms with van der Waals surface area (Å²) in [6.45, 7) is 5.28. The lowest BCUT2D eigenvalue weighted by atomic mass is 10.0. The molecule has 1 atom stereocenters. The van der Waals surface area contributed by atoms with Crippen molar-refractivity contribution in [3.63, 3.8) is 0 Å². The maximum atomic E-state index is 13.1. The van der Waals surface area contributed by atoms with Gasteiger partial charge in [-0.05, 0) is 49.6 Å². The van der Waals surface area contributed by atoms with Gasteiger partial charge in [0.05, 0.1) is 0 Å². The molecule has 0 amide bonds. The molecule has 1 aromatic carbocycles. The molecule has 1 nitrogen and oxygen atoms in total. The predicted molar refractivity (Wildman–Crippen MR) is 70.2 cm³/mol. The molecule has 0 aliphatic carbocycles. The van der Waals surface area contributed by atoms with E-state index in [1.165, 1.54) is 6.07 Å². The van der Waals surface area contributed by atoms with Crippen LogP contribution in [0.3, 0.4) is 0 Å². The summed E-state index contributed by atoms with van der Waals surface area (Å²) in [5.74, 6) is -0.166. The van der Waals surface area contributed by atoms with Gasteiger partial charge in [0.25, 0.3) is 0 Å². The second-order valence-electron chi connectivity index (χ2n) is 3.98. The van der Waals surface area contributed by atoms with Crippen LogP contribution in [-0.2, 0) is 6.42 Å². The molecule has 0 fully saturated rings. The van der Waals surface area contributed by atoms with E-state index in [-0.39, 0.29) is 5.82 Å². The lowest BCUT2D eigenvalue weighted by Gasteiger charge is -2.15. The van der Waals surface area contributed by atoms with Crippen LogP contribution in [0, 0.1) is 5.82 Å². The molecule has 3 heteroatoms. The summed E-state index contributed by atoms with van der Waals surface area (Å²) in [5.41, 5.74) is 1.06. The van der Waals surface area contributed by atoms with Crippen molar-refractivity contribution in [2.45, 2.75) is 39.2 Å². The highest BCUT2D eigenvalue weighted by Crippen LogP contribution is 2.17. The zero-order valence-electron chi connectivity index (χ0n) is 9.89. The van der Waals surface area contributed by atoms with Crippen molar-refractivity contribution in [3.8, 4) is 0 Å². The molecular weight excluding hydrogens is 269 g/mol. The Bertz CT molecular complexity index is 307. The lowest BCUT2D eigenvalue weighted by molar-refractivity contribution is 0.480. The van der Waals surface area contributed by atoms with Gasteiger partial charge in [0.2, 0.25) is 0 Å². The van der Waals surface area contributed by atoms with Crippen molar-refractivity contribution in [2.24, 2.45) is 0 Å². The molecule has 1 unspecified atom stereocenters. The second-order valence-corrected chi connectivity index (χ2v) is 4.89. The number of halogens is 2. The van der Waals surface area contributed by atoms with Gasteiger partial charge in [-0.1, -0.05) is 29.8 Å². The van der Waals surface area contributed by atoms with E-state index in [1.54, 1.807) is 6.07 Å². The highest BCUT2D eigenvalue weighted by molar-refractivity contribution is 9.10. The molecule has 90 valence electrons. The number of rotatable bonds is 6. The minimum atomic E-state index is -0.166. The summed E-state index contributed by atoms with van der Waals surface area (Å²) in [7, 11) is 0. The van der Waals surface area contributed by atoms with E-state index >= 15 is 0 Å². The largest absolute Gasteiger partial charge is 0.314 e. The summed E-state index contributed by atoms with van der Waals surface area (Å²) in [5, 5.41) is 3.43. The van der Waals surface area contributed by atoms with Crippen LogP contribution in [0.4, 0.5) is 4.39 Å². The minimum absolute atomic E-state index is 0.166.